The molecule has 2 aliphatic heterocycles. The number of fused-ring (bicyclic) bond motifs is 1. The highest BCUT2D eigenvalue weighted by Crippen LogP contribution is 2.32. The van der Waals surface area contributed by atoms with Crippen LogP contribution in [-0.4, -0.2) is 99.8 Å². The summed E-state index contributed by atoms with van der Waals surface area (Å²) in [6.07, 6.45) is 2.65. The third-order valence-electron chi connectivity index (χ3n) is 7.89. The number of carbonyl (C=O) groups is 1. The molecular formula is C30H32N8O3. The van der Waals surface area contributed by atoms with Gasteiger partial charge in [-0.05, 0) is 49.5 Å². The van der Waals surface area contributed by atoms with Gasteiger partial charge in [-0.2, -0.15) is 5.26 Å². The number of likely N-dealkylation sites (tertiary alicyclic amines) is 1. The first kappa shape index (κ1) is 26.7. The zero-order valence-electron chi connectivity index (χ0n) is 23.0. The van der Waals surface area contributed by atoms with E-state index in [4.69, 9.17) is 14.8 Å². The first-order chi connectivity index (χ1) is 20.0. The van der Waals surface area contributed by atoms with E-state index in [2.05, 4.69) is 62.1 Å². The molecule has 6 rings (SSSR count). The molecule has 11 nitrogen and oxygen atoms in total. The maximum Gasteiger partial charge on any atom is 0.248 e. The molecule has 11 heteroatoms. The Balaban J connectivity index is 1.21. The molecule has 0 atom stereocenters. The molecule has 2 N–H and O–H groups in total. The SMILES string of the molecule is CN1CCN(c2ccc(-c3nc4ncnc(-c5ccc(OC6CCN(C(=O)CO)CC6)c(C#N)c5)c4[nH]3)cc2)CC1. The molecule has 0 spiro atoms. The van der Waals surface area contributed by atoms with Crippen molar-refractivity contribution in [1.29, 1.82) is 5.26 Å². The number of benzene rings is 2. The van der Waals surface area contributed by atoms with Crippen LogP contribution in [-0.2, 0) is 4.79 Å². The second-order valence-electron chi connectivity index (χ2n) is 10.5. The summed E-state index contributed by atoms with van der Waals surface area (Å²) in [6, 6.07) is 16.1. The molecule has 41 heavy (non-hydrogen) atoms. The van der Waals surface area contributed by atoms with Crippen LogP contribution in [0.15, 0.2) is 48.8 Å². The number of carbonyl (C=O) groups excluding carboxylic acids is 1. The Bertz CT molecular complexity index is 1580. The van der Waals surface area contributed by atoms with E-state index >= 15 is 0 Å². The van der Waals surface area contributed by atoms with Crippen LogP contribution in [0.3, 0.4) is 0 Å². The number of nitrogens with zero attached hydrogens (tertiary/aromatic N) is 7. The minimum Gasteiger partial charge on any atom is -0.489 e. The maximum absolute atomic E-state index is 11.7. The number of imidazole rings is 1. The fourth-order valence-corrected chi connectivity index (χ4v) is 5.45. The summed E-state index contributed by atoms with van der Waals surface area (Å²) in [5.74, 6) is 0.934. The molecule has 0 aliphatic carbocycles. The number of hydrogen-bond acceptors (Lipinski definition) is 9. The molecule has 2 saturated heterocycles. The van der Waals surface area contributed by atoms with Gasteiger partial charge in [-0.3, -0.25) is 4.79 Å². The molecule has 0 radical (unpaired) electrons. The molecule has 0 unspecified atom stereocenters. The van der Waals surface area contributed by atoms with Crippen LogP contribution in [0.5, 0.6) is 5.75 Å². The van der Waals surface area contributed by atoms with Crippen LogP contribution in [0.4, 0.5) is 5.69 Å². The quantitative estimate of drug-likeness (QED) is 0.370. The van der Waals surface area contributed by atoms with Crippen LogP contribution in [0.2, 0.25) is 0 Å². The fourth-order valence-electron chi connectivity index (χ4n) is 5.45. The monoisotopic (exact) mass is 552 g/mol. The Hall–Kier alpha value is -4.53. The number of aliphatic hydroxyl groups excluding tert-OH is 1. The smallest absolute Gasteiger partial charge is 0.248 e. The molecule has 1 amide bonds. The third-order valence-corrected chi connectivity index (χ3v) is 7.89. The van der Waals surface area contributed by atoms with Gasteiger partial charge in [0.15, 0.2) is 5.65 Å². The van der Waals surface area contributed by atoms with E-state index in [1.807, 2.05) is 6.07 Å². The number of H-pyrrole nitrogens is 1. The van der Waals surface area contributed by atoms with Gasteiger partial charge in [0.25, 0.3) is 0 Å². The number of aromatic amines is 1. The van der Waals surface area contributed by atoms with Crippen molar-refractivity contribution in [3.63, 3.8) is 0 Å². The number of ether oxygens (including phenoxy) is 1. The first-order valence-electron chi connectivity index (χ1n) is 13.9. The zero-order chi connectivity index (χ0) is 28.3. The number of nitrogens with one attached hydrogen (secondary N) is 1. The Kier molecular flexibility index (Phi) is 7.50. The van der Waals surface area contributed by atoms with E-state index in [0.29, 0.717) is 59.9 Å². The van der Waals surface area contributed by atoms with E-state index < -0.39 is 6.61 Å². The summed E-state index contributed by atoms with van der Waals surface area (Å²) in [5.41, 5.74) is 5.23. The minimum atomic E-state index is -0.483. The number of aliphatic hydroxyl groups is 1. The average Bonchev–Trinajstić information content (AvgIpc) is 3.46. The molecule has 2 aliphatic rings. The van der Waals surface area contributed by atoms with E-state index in [9.17, 15) is 10.1 Å². The molecule has 2 aromatic heterocycles. The Morgan fingerprint density at radius 1 is 1.05 bits per heavy atom. The van der Waals surface area contributed by atoms with Crippen LogP contribution < -0.4 is 9.64 Å². The van der Waals surface area contributed by atoms with E-state index in [1.54, 1.807) is 17.0 Å². The second kappa shape index (κ2) is 11.5. The summed E-state index contributed by atoms with van der Waals surface area (Å²) in [6.45, 7) is 4.69. The zero-order valence-corrected chi connectivity index (χ0v) is 23.0. The largest absolute Gasteiger partial charge is 0.489 e. The topological polar surface area (TPSA) is 134 Å². The normalized spacial score (nSPS) is 16.6. The molecule has 0 bridgehead atoms. The van der Waals surface area contributed by atoms with Gasteiger partial charge in [-0.25, -0.2) is 15.0 Å². The molecule has 210 valence electrons. The lowest BCUT2D eigenvalue weighted by Crippen LogP contribution is -2.44. The highest BCUT2D eigenvalue weighted by Gasteiger charge is 2.24. The van der Waals surface area contributed by atoms with Crippen LogP contribution >= 0.6 is 0 Å². The van der Waals surface area contributed by atoms with Gasteiger partial charge in [0.1, 0.15) is 42.2 Å². The first-order valence-corrected chi connectivity index (χ1v) is 13.9. The van der Waals surface area contributed by atoms with E-state index in [0.717, 1.165) is 37.3 Å². The van der Waals surface area contributed by atoms with Gasteiger partial charge in [0.05, 0.1) is 11.3 Å². The highest BCUT2D eigenvalue weighted by atomic mass is 16.5. The van der Waals surface area contributed by atoms with Crippen molar-refractivity contribution in [2.75, 3.05) is 57.8 Å². The van der Waals surface area contributed by atoms with Gasteiger partial charge in [-0.15, -0.1) is 0 Å². The molecule has 2 aromatic carbocycles. The maximum atomic E-state index is 11.7. The lowest BCUT2D eigenvalue weighted by molar-refractivity contribution is -0.135. The second-order valence-corrected chi connectivity index (χ2v) is 10.5. The molecular weight excluding hydrogens is 520 g/mol. The standard InChI is InChI=1S/C30H32N8O3/c1-36-12-14-37(15-13-36)23-5-2-20(3-6-23)29-34-28-27(32-19-33-30(28)35-29)21-4-7-25(22(16-21)17-31)41-24-8-10-38(11-9-24)26(40)18-39/h2-7,16,19,24,39H,8-15,18H2,1H3,(H,32,33,34,35). The number of anilines is 1. The number of rotatable bonds is 6. The van der Waals surface area contributed by atoms with Crippen molar-refractivity contribution in [2.24, 2.45) is 0 Å². The lowest BCUT2D eigenvalue weighted by atomic mass is 10.1. The van der Waals surface area contributed by atoms with Crippen molar-refractivity contribution >= 4 is 22.8 Å². The number of likely N-dealkylation sites (N-methyl/N-ethyl adjacent to an activating group) is 1. The Labute approximate surface area is 238 Å². The lowest BCUT2D eigenvalue weighted by Gasteiger charge is -2.34. The predicted octanol–water partition coefficient (Wildman–Crippen LogP) is 2.67. The highest BCUT2D eigenvalue weighted by molar-refractivity contribution is 5.89. The summed E-state index contributed by atoms with van der Waals surface area (Å²) in [7, 11) is 2.15. The number of piperidine rings is 1. The summed E-state index contributed by atoms with van der Waals surface area (Å²) >= 11 is 0. The predicted molar refractivity (Wildman–Crippen MR) is 154 cm³/mol. The third kappa shape index (κ3) is 5.57. The van der Waals surface area contributed by atoms with Gasteiger partial charge >= 0.3 is 0 Å². The van der Waals surface area contributed by atoms with Gasteiger partial charge in [0, 0.05) is 68.9 Å². The van der Waals surface area contributed by atoms with Crippen molar-refractivity contribution in [2.45, 2.75) is 18.9 Å². The average molecular weight is 553 g/mol. The van der Waals surface area contributed by atoms with Gasteiger partial charge in [-0.1, -0.05) is 0 Å². The van der Waals surface area contributed by atoms with Gasteiger partial charge in [0.2, 0.25) is 5.91 Å². The molecule has 2 fully saturated rings. The van der Waals surface area contributed by atoms with Crippen LogP contribution in [0.25, 0.3) is 33.8 Å². The van der Waals surface area contributed by atoms with E-state index in [-0.39, 0.29) is 12.0 Å². The minimum absolute atomic E-state index is 0.112. The number of amides is 1. The van der Waals surface area contributed by atoms with Crippen molar-refractivity contribution < 1.29 is 14.6 Å². The summed E-state index contributed by atoms with van der Waals surface area (Å²) < 4.78 is 6.16. The van der Waals surface area contributed by atoms with Crippen molar-refractivity contribution in [1.82, 2.24) is 29.7 Å². The summed E-state index contributed by atoms with van der Waals surface area (Å²) in [4.78, 5) is 35.1. The fraction of sp³-hybridized carbons (Fsp3) is 0.367. The number of aromatic nitrogens is 4. The Morgan fingerprint density at radius 3 is 2.49 bits per heavy atom. The number of hydrogen-bond donors (Lipinski definition) is 2. The van der Waals surface area contributed by atoms with Gasteiger partial charge < -0.3 is 29.5 Å². The van der Waals surface area contributed by atoms with E-state index in [1.165, 1.54) is 12.0 Å². The molecule has 0 saturated carbocycles. The van der Waals surface area contributed by atoms with Crippen LogP contribution in [0.1, 0.15) is 18.4 Å². The molecule has 4 heterocycles. The van der Waals surface area contributed by atoms with Crippen molar-refractivity contribution in [3.05, 3.63) is 54.4 Å². The number of piperazine rings is 1. The Morgan fingerprint density at radius 2 is 1.78 bits per heavy atom. The summed E-state index contributed by atoms with van der Waals surface area (Å²) in [5, 5.41) is 19.0. The molecule has 4 aromatic rings. The number of nitriles is 1. The van der Waals surface area contributed by atoms with Crippen molar-refractivity contribution in [3.8, 4) is 34.5 Å². The van der Waals surface area contributed by atoms with Crippen LogP contribution in [0, 0.1) is 11.3 Å².